The summed E-state index contributed by atoms with van der Waals surface area (Å²) in [4.78, 5) is 11.6. The van der Waals surface area contributed by atoms with Crippen molar-refractivity contribution in [3.63, 3.8) is 0 Å². The van der Waals surface area contributed by atoms with E-state index in [0.717, 1.165) is 19.3 Å². The van der Waals surface area contributed by atoms with Crippen LogP contribution in [-0.2, 0) is 14.8 Å². The van der Waals surface area contributed by atoms with E-state index in [1.807, 2.05) is 6.92 Å². The average molecular weight is 311 g/mol. The molecule has 3 atom stereocenters. The van der Waals surface area contributed by atoms with Gasteiger partial charge in [-0.1, -0.05) is 33.6 Å². The largest absolute Gasteiger partial charge is 0.309 e. The summed E-state index contributed by atoms with van der Waals surface area (Å²) in [5.41, 5.74) is -0.194. The second-order valence-corrected chi connectivity index (χ2v) is 8.90. The monoisotopic (exact) mass is 311 g/mol. The summed E-state index contributed by atoms with van der Waals surface area (Å²) in [6.45, 7) is 8.39. The van der Waals surface area contributed by atoms with Gasteiger partial charge in [-0.15, -0.1) is 0 Å². The number of carbonyl (C=O) groups is 1. The zero-order valence-electron chi connectivity index (χ0n) is 13.3. The minimum absolute atomic E-state index is 0.0132. The zero-order valence-corrected chi connectivity index (χ0v) is 14.1. The first-order valence-corrected chi connectivity index (χ1v) is 9.32. The SMILES string of the molecule is CCC#CC(=O)NS(=O)(=O)C[C@@]12CCC(C(C)C1)C2(C)C. The quantitative estimate of drug-likeness (QED) is 0.814. The Labute approximate surface area is 128 Å². The third-order valence-electron chi connectivity index (χ3n) is 5.72. The minimum atomic E-state index is -3.64. The molecule has 2 fully saturated rings. The van der Waals surface area contributed by atoms with E-state index in [9.17, 15) is 13.2 Å². The van der Waals surface area contributed by atoms with E-state index in [1.165, 1.54) is 0 Å². The molecule has 0 heterocycles. The van der Waals surface area contributed by atoms with Crippen molar-refractivity contribution in [2.45, 2.75) is 53.4 Å². The first kappa shape index (κ1) is 16.4. The van der Waals surface area contributed by atoms with Crippen molar-refractivity contribution in [3.8, 4) is 11.8 Å². The molecule has 1 amide bonds. The fourth-order valence-electron chi connectivity index (χ4n) is 4.68. The van der Waals surface area contributed by atoms with Gasteiger partial charge in [0.2, 0.25) is 10.0 Å². The van der Waals surface area contributed by atoms with Gasteiger partial charge in [-0.2, -0.15) is 0 Å². The van der Waals surface area contributed by atoms with Crippen LogP contribution in [0.25, 0.3) is 0 Å². The highest BCUT2D eigenvalue weighted by Crippen LogP contribution is 2.68. The molecule has 2 rings (SSSR count). The highest BCUT2D eigenvalue weighted by molar-refractivity contribution is 7.90. The molecule has 0 spiro atoms. The second kappa shape index (κ2) is 5.31. The summed E-state index contributed by atoms with van der Waals surface area (Å²) in [6, 6.07) is 0. The van der Waals surface area contributed by atoms with Crippen molar-refractivity contribution in [2.75, 3.05) is 5.75 Å². The van der Waals surface area contributed by atoms with Crippen LogP contribution in [0.3, 0.4) is 0 Å². The number of sulfonamides is 1. The van der Waals surface area contributed by atoms with Gasteiger partial charge >= 0.3 is 5.91 Å². The maximum Gasteiger partial charge on any atom is 0.309 e. The Kier molecular flexibility index (Phi) is 4.14. The summed E-state index contributed by atoms with van der Waals surface area (Å²) < 4.78 is 26.8. The van der Waals surface area contributed by atoms with Gasteiger partial charge in [0.05, 0.1) is 5.75 Å². The van der Waals surface area contributed by atoms with E-state index in [0.29, 0.717) is 18.3 Å². The molecule has 0 saturated heterocycles. The Balaban J connectivity index is 2.15. The fourth-order valence-corrected chi connectivity index (χ4v) is 6.45. The van der Waals surface area contributed by atoms with Crippen LogP contribution in [-0.4, -0.2) is 20.1 Å². The van der Waals surface area contributed by atoms with E-state index in [2.05, 4.69) is 37.3 Å². The van der Waals surface area contributed by atoms with Crippen molar-refractivity contribution in [2.24, 2.45) is 22.7 Å². The van der Waals surface area contributed by atoms with E-state index in [4.69, 9.17) is 0 Å². The second-order valence-electron chi connectivity index (χ2n) is 7.17. The molecule has 2 bridgehead atoms. The molecule has 2 aliphatic rings. The first-order valence-electron chi connectivity index (χ1n) is 7.67. The lowest BCUT2D eigenvalue weighted by Crippen LogP contribution is -2.42. The lowest BCUT2D eigenvalue weighted by Gasteiger charge is -2.37. The van der Waals surface area contributed by atoms with Crippen LogP contribution >= 0.6 is 0 Å². The lowest BCUT2D eigenvalue weighted by atomic mass is 9.71. The molecular formula is C16H25NO3S. The maximum atomic E-state index is 12.3. The summed E-state index contributed by atoms with van der Waals surface area (Å²) in [7, 11) is -3.64. The molecule has 2 unspecified atom stereocenters. The third-order valence-corrected chi connectivity index (χ3v) is 7.15. The van der Waals surface area contributed by atoms with Crippen LogP contribution in [0.2, 0.25) is 0 Å². The number of rotatable bonds is 3. The highest BCUT2D eigenvalue weighted by atomic mass is 32.2. The molecule has 0 aromatic heterocycles. The molecular weight excluding hydrogens is 286 g/mol. The number of amides is 1. The van der Waals surface area contributed by atoms with Gasteiger partial charge in [0.15, 0.2) is 0 Å². The van der Waals surface area contributed by atoms with Crippen molar-refractivity contribution in [3.05, 3.63) is 0 Å². The average Bonchev–Trinajstić information content (AvgIpc) is 2.67. The molecule has 0 aromatic rings. The fraction of sp³-hybridized carbons (Fsp3) is 0.812. The van der Waals surface area contributed by atoms with Gasteiger partial charge in [0, 0.05) is 6.42 Å². The van der Waals surface area contributed by atoms with E-state index < -0.39 is 15.9 Å². The van der Waals surface area contributed by atoms with Crippen molar-refractivity contribution in [1.82, 2.24) is 4.72 Å². The van der Waals surface area contributed by atoms with E-state index in [-0.39, 0.29) is 16.6 Å². The van der Waals surface area contributed by atoms with Gasteiger partial charge in [0.1, 0.15) is 0 Å². The predicted octanol–water partition coefficient (Wildman–Crippen LogP) is 2.31. The summed E-state index contributed by atoms with van der Waals surface area (Å²) in [6.07, 6.45) is 3.49. The lowest BCUT2D eigenvalue weighted by molar-refractivity contribution is -0.114. The number of fused-ring (bicyclic) bond motifs is 2. The maximum absolute atomic E-state index is 12.3. The van der Waals surface area contributed by atoms with Crippen LogP contribution in [0, 0.1) is 34.5 Å². The number of hydrogen-bond donors (Lipinski definition) is 1. The molecule has 4 nitrogen and oxygen atoms in total. The smallest absolute Gasteiger partial charge is 0.258 e. The topological polar surface area (TPSA) is 63.2 Å². The Hall–Kier alpha value is -1.02. The van der Waals surface area contributed by atoms with E-state index >= 15 is 0 Å². The minimum Gasteiger partial charge on any atom is -0.258 e. The van der Waals surface area contributed by atoms with Crippen molar-refractivity contribution in [1.29, 1.82) is 0 Å². The first-order chi connectivity index (χ1) is 9.63. The summed E-state index contributed by atoms with van der Waals surface area (Å²) >= 11 is 0. The third kappa shape index (κ3) is 2.83. The molecule has 5 heteroatoms. The number of carbonyl (C=O) groups excluding carboxylic acids is 1. The molecule has 0 radical (unpaired) electrons. The van der Waals surface area contributed by atoms with Crippen LogP contribution in [0.4, 0.5) is 0 Å². The molecule has 0 aromatic carbocycles. The van der Waals surface area contributed by atoms with Crippen molar-refractivity contribution >= 4 is 15.9 Å². The Morgan fingerprint density at radius 1 is 1.38 bits per heavy atom. The van der Waals surface area contributed by atoms with Gasteiger partial charge in [-0.3, -0.25) is 4.79 Å². The van der Waals surface area contributed by atoms with Crippen LogP contribution in [0.1, 0.15) is 53.4 Å². The normalized spacial score (nSPS) is 33.3. The summed E-state index contributed by atoms with van der Waals surface area (Å²) in [5.74, 6) is 5.36. The Bertz CT molecular complexity index is 597. The van der Waals surface area contributed by atoms with Gasteiger partial charge in [-0.25, -0.2) is 13.1 Å². The molecule has 2 saturated carbocycles. The zero-order chi connectivity index (χ0) is 15.9. The van der Waals surface area contributed by atoms with E-state index in [1.54, 1.807) is 0 Å². The molecule has 1 N–H and O–H groups in total. The molecule has 118 valence electrons. The summed E-state index contributed by atoms with van der Waals surface area (Å²) in [5, 5.41) is 0. The van der Waals surface area contributed by atoms with Crippen LogP contribution < -0.4 is 4.72 Å². The molecule has 2 aliphatic carbocycles. The standard InChI is InChI=1S/C16H25NO3S/c1-5-6-7-14(18)17-21(19,20)11-16-9-8-13(12(2)10-16)15(16,3)4/h12-13H,5,8-11H2,1-4H3,(H,17,18)/t12?,13?,16-/m1/s1. The van der Waals surface area contributed by atoms with Crippen LogP contribution in [0.15, 0.2) is 0 Å². The Morgan fingerprint density at radius 3 is 2.52 bits per heavy atom. The van der Waals surface area contributed by atoms with Gasteiger partial charge in [0.25, 0.3) is 0 Å². The van der Waals surface area contributed by atoms with Crippen LogP contribution in [0.5, 0.6) is 0 Å². The van der Waals surface area contributed by atoms with Gasteiger partial charge in [-0.05, 0) is 47.8 Å². The predicted molar refractivity (Wildman–Crippen MR) is 82.7 cm³/mol. The number of hydrogen-bond acceptors (Lipinski definition) is 3. The van der Waals surface area contributed by atoms with Crippen molar-refractivity contribution < 1.29 is 13.2 Å². The number of nitrogens with one attached hydrogen (secondary N) is 1. The molecule has 21 heavy (non-hydrogen) atoms. The molecule has 0 aliphatic heterocycles. The Morgan fingerprint density at radius 2 is 2.05 bits per heavy atom. The highest BCUT2D eigenvalue weighted by Gasteiger charge is 2.62. The van der Waals surface area contributed by atoms with Gasteiger partial charge < -0.3 is 0 Å².